The molecule has 0 radical (unpaired) electrons. The molecule has 0 saturated carbocycles. The summed E-state index contributed by atoms with van der Waals surface area (Å²) >= 11 is 0. The van der Waals surface area contributed by atoms with E-state index in [9.17, 15) is 8.42 Å². The van der Waals surface area contributed by atoms with E-state index in [1.165, 1.54) is 6.20 Å². The SMILES string of the molecule is CCc1cc(S(=O)(=O)c2ccc(C)cc2)cnc1-c1ccccc1. The first-order chi connectivity index (χ1) is 11.5. The van der Waals surface area contributed by atoms with E-state index in [0.717, 1.165) is 22.4 Å². The van der Waals surface area contributed by atoms with Gasteiger partial charge in [-0.2, -0.15) is 0 Å². The van der Waals surface area contributed by atoms with Crippen LogP contribution in [0.15, 0.2) is 76.7 Å². The zero-order valence-electron chi connectivity index (χ0n) is 13.7. The van der Waals surface area contributed by atoms with Gasteiger partial charge in [0.1, 0.15) is 0 Å². The van der Waals surface area contributed by atoms with E-state index in [0.29, 0.717) is 11.3 Å². The van der Waals surface area contributed by atoms with E-state index in [-0.39, 0.29) is 4.90 Å². The van der Waals surface area contributed by atoms with E-state index in [1.54, 1.807) is 30.3 Å². The van der Waals surface area contributed by atoms with Gasteiger partial charge in [0.25, 0.3) is 0 Å². The third-order valence-corrected chi connectivity index (χ3v) is 5.75. The molecular formula is C20H19NO2S. The summed E-state index contributed by atoms with van der Waals surface area (Å²) in [6.07, 6.45) is 2.17. The second-order valence-corrected chi connectivity index (χ2v) is 7.66. The van der Waals surface area contributed by atoms with Gasteiger partial charge < -0.3 is 0 Å². The van der Waals surface area contributed by atoms with Crippen molar-refractivity contribution in [2.45, 2.75) is 30.1 Å². The van der Waals surface area contributed by atoms with Gasteiger partial charge >= 0.3 is 0 Å². The number of benzene rings is 2. The van der Waals surface area contributed by atoms with Gasteiger partial charge in [0.05, 0.1) is 15.5 Å². The van der Waals surface area contributed by atoms with Gasteiger partial charge in [-0.05, 0) is 37.1 Å². The molecule has 0 amide bonds. The molecule has 0 N–H and O–H groups in total. The average Bonchev–Trinajstić information content (AvgIpc) is 2.62. The molecule has 122 valence electrons. The van der Waals surface area contributed by atoms with E-state index in [1.807, 2.05) is 44.2 Å². The molecule has 0 aliphatic carbocycles. The molecule has 0 unspecified atom stereocenters. The molecule has 0 atom stereocenters. The first kappa shape index (κ1) is 16.4. The Bertz CT molecular complexity index is 947. The summed E-state index contributed by atoms with van der Waals surface area (Å²) in [5, 5.41) is 0. The summed E-state index contributed by atoms with van der Waals surface area (Å²) in [4.78, 5) is 4.98. The van der Waals surface area contributed by atoms with Gasteiger partial charge in [0.15, 0.2) is 0 Å². The summed E-state index contributed by atoms with van der Waals surface area (Å²) in [5.41, 5.74) is 3.78. The lowest BCUT2D eigenvalue weighted by atomic mass is 10.0. The van der Waals surface area contributed by atoms with Gasteiger partial charge in [0.2, 0.25) is 9.84 Å². The molecule has 2 aromatic carbocycles. The van der Waals surface area contributed by atoms with Crippen LogP contribution in [-0.2, 0) is 16.3 Å². The second-order valence-electron chi connectivity index (χ2n) is 5.71. The Morgan fingerprint density at radius 3 is 2.21 bits per heavy atom. The van der Waals surface area contributed by atoms with Crippen molar-refractivity contribution in [3.8, 4) is 11.3 Å². The quantitative estimate of drug-likeness (QED) is 0.706. The van der Waals surface area contributed by atoms with Gasteiger partial charge in [-0.15, -0.1) is 0 Å². The lowest BCUT2D eigenvalue weighted by Gasteiger charge is -2.11. The Kier molecular flexibility index (Phi) is 4.49. The number of sulfone groups is 1. The minimum Gasteiger partial charge on any atom is -0.255 e. The van der Waals surface area contributed by atoms with E-state index in [2.05, 4.69) is 4.98 Å². The summed E-state index contributed by atoms with van der Waals surface area (Å²) in [6, 6.07) is 18.4. The van der Waals surface area contributed by atoms with Crippen molar-refractivity contribution in [2.24, 2.45) is 0 Å². The largest absolute Gasteiger partial charge is 0.255 e. The summed E-state index contributed by atoms with van der Waals surface area (Å²) in [7, 11) is -3.55. The maximum absolute atomic E-state index is 12.8. The smallest absolute Gasteiger partial charge is 0.208 e. The first-order valence-electron chi connectivity index (χ1n) is 7.88. The predicted octanol–water partition coefficient (Wildman–Crippen LogP) is 4.45. The van der Waals surface area contributed by atoms with Gasteiger partial charge in [-0.25, -0.2) is 8.42 Å². The molecule has 0 saturated heterocycles. The van der Waals surface area contributed by atoms with Crippen LogP contribution in [0.4, 0.5) is 0 Å². The van der Waals surface area contributed by atoms with Gasteiger partial charge in [-0.3, -0.25) is 4.98 Å². The summed E-state index contributed by atoms with van der Waals surface area (Å²) in [6.45, 7) is 3.94. The number of pyridine rings is 1. The molecule has 0 aliphatic rings. The van der Waals surface area contributed by atoms with Crippen LogP contribution in [0.5, 0.6) is 0 Å². The third-order valence-electron chi connectivity index (χ3n) is 4.01. The predicted molar refractivity (Wildman–Crippen MR) is 95.7 cm³/mol. The fraction of sp³-hybridized carbons (Fsp3) is 0.150. The molecule has 1 heterocycles. The van der Waals surface area contributed by atoms with Crippen molar-refractivity contribution in [1.82, 2.24) is 4.98 Å². The normalized spacial score (nSPS) is 11.4. The van der Waals surface area contributed by atoms with Crippen molar-refractivity contribution < 1.29 is 8.42 Å². The highest BCUT2D eigenvalue weighted by atomic mass is 32.2. The molecule has 0 spiro atoms. The van der Waals surface area contributed by atoms with Crippen LogP contribution in [0, 0.1) is 6.92 Å². The highest BCUT2D eigenvalue weighted by Gasteiger charge is 2.19. The monoisotopic (exact) mass is 337 g/mol. The molecule has 24 heavy (non-hydrogen) atoms. The molecule has 0 aliphatic heterocycles. The van der Waals surface area contributed by atoms with Crippen molar-refractivity contribution >= 4 is 9.84 Å². The van der Waals surface area contributed by atoms with E-state index in [4.69, 9.17) is 0 Å². The number of rotatable bonds is 4. The fourth-order valence-electron chi connectivity index (χ4n) is 2.61. The average molecular weight is 337 g/mol. The molecule has 4 heteroatoms. The molecule has 1 aromatic heterocycles. The van der Waals surface area contributed by atoms with Crippen LogP contribution in [0.2, 0.25) is 0 Å². The highest BCUT2D eigenvalue weighted by molar-refractivity contribution is 7.91. The Hall–Kier alpha value is -2.46. The Morgan fingerprint density at radius 2 is 1.58 bits per heavy atom. The minimum absolute atomic E-state index is 0.239. The number of aromatic nitrogens is 1. The number of hydrogen-bond donors (Lipinski definition) is 0. The van der Waals surface area contributed by atoms with Crippen molar-refractivity contribution in [2.75, 3.05) is 0 Å². The Morgan fingerprint density at radius 1 is 0.917 bits per heavy atom. The van der Waals surface area contributed by atoms with Crippen molar-refractivity contribution in [1.29, 1.82) is 0 Å². The van der Waals surface area contributed by atoms with Crippen LogP contribution < -0.4 is 0 Å². The lowest BCUT2D eigenvalue weighted by molar-refractivity contribution is 0.595. The number of nitrogens with zero attached hydrogens (tertiary/aromatic N) is 1. The van der Waals surface area contributed by atoms with E-state index >= 15 is 0 Å². The zero-order chi connectivity index (χ0) is 17.2. The second kappa shape index (κ2) is 6.57. The molecular weight excluding hydrogens is 318 g/mol. The Balaban J connectivity index is 2.08. The van der Waals surface area contributed by atoms with Crippen LogP contribution in [0.1, 0.15) is 18.1 Å². The molecule has 0 bridgehead atoms. The van der Waals surface area contributed by atoms with Crippen LogP contribution in [0.3, 0.4) is 0 Å². The van der Waals surface area contributed by atoms with Crippen molar-refractivity contribution in [3.63, 3.8) is 0 Å². The summed E-state index contributed by atoms with van der Waals surface area (Å²) < 4.78 is 25.6. The highest BCUT2D eigenvalue weighted by Crippen LogP contribution is 2.27. The van der Waals surface area contributed by atoms with Crippen LogP contribution in [-0.4, -0.2) is 13.4 Å². The topological polar surface area (TPSA) is 47.0 Å². The van der Waals surface area contributed by atoms with Crippen LogP contribution >= 0.6 is 0 Å². The fourth-order valence-corrected chi connectivity index (χ4v) is 3.87. The minimum atomic E-state index is -3.55. The molecule has 0 fully saturated rings. The van der Waals surface area contributed by atoms with Crippen molar-refractivity contribution in [3.05, 3.63) is 78.0 Å². The van der Waals surface area contributed by atoms with Gasteiger partial charge in [0, 0.05) is 11.8 Å². The standard InChI is InChI=1S/C20H19NO2S/c1-3-16-13-19(14-21-20(16)17-7-5-4-6-8-17)24(22,23)18-11-9-15(2)10-12-18/h4-14H,3H2,1-2H3. The lowest BCUT2D eigenvalue weighted by Crippen LogP contribution is -2.05. The maximum Gasteiger partial charge on any atom is 0.208 e. The van der Waals surface area contributed by atoms with Gasteiger partial charge in [-0.1, -0.05) is 55.0 Å². The zero-order valence-corrected chi connectivity index (χ0v) is 14.5. The Labute approximate surface area is 142 Å². The molecule has 3 nitrogen and oxygen atoms in total. The first-order valence-corrected chi connectivity index (χ1v) is 9.37. The summed E-state index contributed by atoms with van der Waals surface area (Å²) in [5.74, 6) is 0. The van der Waals surface area contributed by atoms with E-state index < -0.39 is 9.84 Å². The third kappa shape index (κ3) is 3.10. The number of aryl methyl sites for hydroxylation is 2. The molecule has 3 rings (SSSR count). The van der Waals surface area contributed by atoms with Crippen LogP contribution in [0.25, 0.3) is 11.3 Å². The molecule has 3 aromatic rings. The number of hydrogen-bond acceptors (Lipinski definition) is 3. The maximum atomic E-state index is 12.8.